The van der Waals surface area contributed by atoms with Gasteiger partial charge in [-0.3, -0.25) is 0 Å². The van der Waals surface area contributed by atoms with Crippen LogP contribution in [0.15, 0.2) is 18.2 Å². The Morgan fingerprint density at radius 1 is 1.12 bits per heavy atom. The zero-order valence-corrected chi connectivity index (χ0v) is 9.73. The Labute approximate surface area is 95.1 Å². The Hall–Kier alpha value is -1.26. The minimum absolute atomic E-state index is 0.00892. The van der Waals surface area contributed by atoms with Crippen LogP contribution in [-0.4, -0.2) is 27.1 Å². The molecule has 1 aliphatic rings. The van der Waals surface area contributed by atoms with Crippen LogP contribution < -0.4 is 9.47 Å². The summed E-state index contributed by atoms with van der Waals surface area (Å²) in [5.41, 5.74) is 1.03. The summed E-state index contributed by atoms with van der Waals surface area (Å²) in [5.74, 6) is 1.55. The summed E-state index contributed by atoms with van der Waals surface area (Å²) in [6, 6.07) is 5.80. The quantitative estimate of drug-likeness (QED) is 0.785. The summed E-state index contributed by atoms with van der Waals surface area (Å²) >= 11 is 0. The van der Waals surface area contributed by atoms with E-state index in [2.05, 4.69) is 0 Å². The smallest absolute Gasteiger partial charge is 0.231 e. The summed E-state index contributed by atoms with van der Waals surface area (Å²) in [6.45, 7) is 2.26. The first-order valence-corrected chi connectivity index (χ1v) is 5.21. The second kappa shape index (κ2) is 4.72. The van der Waals surface area contributed by atoms with Crippen molar-refractivity contribution >= 4 is 0 Å². The molecule has 0 radical (unpaired) electrons. The molecular formula is C12H16O4. The van der Waals surface area contributed by atoms with Gasteiger partial charge in [0.1, 0.15) is 6.10 Å². The predicted octanol–water partition coefficient (Wildman–Crippen LogP) is 2.14. The molecule has 0 spiro atoms. The number of hydrogen-bond donors (Lipinski definition) is 0. The molecule has 0 bridgehead atoms. The van der Waals surface area contributed by atoms with Gasteiger partial charge in [-0.2, -0.15) is 0 Å². The maximum absolute atomic E-state index is 5.43. The fourth-order valence-corrected chi connectivity index (χ4v) is 1.81. The van der Waals surface area contributed by atoms with E-state index < -0.39 is 0 Å². The van der Waals surface area contributed by atoms with E-state index in [0.717, 1.165) is 17.1 Å². The van der Waals surface area contributed by atoms with E-state index in [9.17, 15) is 0 Å². The van der Waals surface area contributed by atoms with Crippen molar-refractivity contribution in [1.82, 2.24) is 0 Å². The van der Waals surface area contributed by atoms with Crippen LogP contribution in [-0.2, 0) is 9.47 Å². The van der Waals surface area contributed by atoms with Crippen molar-refractivity contribution in [3.63, 3.8) is 0 Å². The van der Waals surface area contributed by atoms with E-state index in [1.807, 2.05) is 25.1 Å². The molecular weight excluding hydrogens is 208 g/mol. The van der Waals surface area contributed by atoms with Gasteiger partial charge in [0.15, 0.2) is 11.5 Å². The normalized spacial score (nSPS) is 17.2. The van der Waals surface area contributed by atoms with Gasteiger partial charge in [0.2, 0.25) is 6.79 Å². The van der Waals surface area contributed by atoms with Crippen LogP contribution in [0.25, 0.3) is 0 Å². The monoisotopic (exact) mass is 224 g/mol. The molecule has 2 atom stereocenters. The van der Waals surface area contributed by atoms with Gasteiger partial charge in [0.25, 0.3) is 0 Å². The van der Waals surface area contributed by atoms with Crippen molar-refractivity contribution in [2.75, 3.05) is 21.0 Å². The second-order valence-corrected chi connectivity index (χ2v) is 3.71. The van der Waals surface area contributed by atoms with Crippen LogP contribution in [0.2, 0.25) is 0 Å². The largest absolute Gasteiger partial charge is 0.454 e. The maximum atomic E-state index is 5.43. The number of hydrogen-bond acceptors (Lipinski definition) is 4. The molecule has 0 amide bonds. The highest BCUT2D eigenvalue weighted by Gasteiger charge is 2.22. The van der Waals surface area contributed by atoms with Gasteiger partial charge in [-0.1, -0.05) is 6.07 Å². The van der Waals surface area contributed by atoms with Gasteiger partial charge >= 0.3 is 0 Å². The molecule has 2 rings (SSSR count). The minimum atomic E-state index is -0.0977. The molecule has 4 heteroatoms. The van der Waals surface area contributed by atoms with Crippen molar-refractivity contribution in [2.45, 2.75) is 19.1 Å². The Bertz CT molecular complexity index is 364. The third-order valence-corrected chi connectivity index (χ3v) is 2.78. The van der Waals surface area contributed by atoms with E-state index in [0.29, 0.717) is 0 Å². The summed E-state index contributed by atoms with van der Waals surface area (Å²) in [4.78, 5) is 0. The van der Waals surface area contributed by atoms with Gasteiger partial charge in [-0.15, -0.1) is 0 Å². The molecule has 0 unspecified atom stereocenters. The zero-order valence-electron chi connectivity index (χ0n) is 9.73. The van der Waals surface area contributed by atoms with Gasteiger partial charge in [0, 0.05) is 14.2 Å². The Morgan fingerprint density at radius 2 is 1.88 bits per heavy atom. The van der Waals surface area contributed by atoms with Crippen molar-refractivity contribution in [3.8, 4) is 11.5 Å². The van der Waals surface area contributed by atoms with Crippen LogP contribution in [0.5, 0.6) is 11.5 Å². The molecule has 16 heavy (non-hydrogen) atoms. The van der Waals surface area contributed by atoms with Crippen LogP contribution in [0.4, 0.5) is 0 Å². The molecule has 0 aliphatic carbocycles. The number of rotatable bonds is 4. The highest BCUT2D eigenvalue weighted by molar-refractivity contribution is 5.45. The molecule has 1 aliphatic heterocycles. The first-order chi connectivity index (χ1) is 7.76. The standard InChI is InChI=1S/C12H16O4/c1-8(13-2)12(14-3)9-4-5-10-11(6-9)16-7-15-10/h4-6,8,12H,7H2,1-3H3/t8-,12+/m1/s1. The van der Waals surface area contributed by atoms with Gasteiger partial charge in [-0.05, 0) is 24.6 Å². The molecule has 1 aromatic rings. The first kappa shape index (κ1) is 11.2. The van der Waals surface area contributed by atoms with Gasteiger partial charge < -0.3 is 18.9 Å². The van der Waals surface area contributed by atoms with E-state index in [-0.39, 0.29) is 19.0 Å². The summed E-state index contributed by atoms with van der Waals surface area (Å²) in [5, 5.41) is 0. The molecule has 0 saturated heterocycles. The van der Waals surface area contributed by atoms with Gasteiger partial charge in [-0.25, -0.2) is 0 Å². The van der Waals surface area contributed by atoms with E-state index >= 15 is 0 Å². The Balaban J connectivity index is 2.25. The fourth-order valence-electron chi connectivity index (χ4n) is 1.81. The maximum Gasteiger partial charge on any atom is 0.231 e. The molecule has 0 saturated carbocycles. The highest BCUT2D eigenvalue weighted by Crippen LogP contribution is 2.35. The Morgan fingerprint density at radius 3 is 2.56 bits per heavy atom. The van der Waals surface area contributed by atoms with Crippen LogP contribution in [0, 0.1) is 0 Å². The summed E-state index contributed by atoms with van der Waals surface area (Å²) < 4.78 is 21.3. The topological polar surface area (TPSA) is 36.9 Å². The van der Waals surface area contributed by atoms with E-state index in [4.69, 9.17) is 18.9 Å². The van der Waals surface area contributed by atoms with Crippen molar-refractivity contribution in [3.05, 3.63) is 23.8 Å². The van der Waals surface area contributed by atoms with Crippen LogP contribution in [0.3, 0.4) is 0 Å². The third kappa shape index (κ3) is 1.99. The number of benzene rings is 1. The molecule has 4 nitrogen and oxygen atoms in total. The lowest BCUT2D eigenvalue weighted by atomic mass is 10.0. The lowest BCUT2D eigenvalue weighted by Crippen LogP contribution is -2.18. The second-order valence-electron chi connectivity index (χ2n) is 3.71. The molecule has 0 aromatic heterocycles. The lowest BCUT2D eigenvalue weighted by Gasteiger charge is -2.21. The van der Waals surface area contributed by atoms with Crippen LogP contribution in [0.1, 0.15) is 18.6 Å². The average molecular weight is 224 g/mol. The number of fused-ring (bicyclic) bond motifs is 1. The van der Waals surface area contributed by atoms with E-state index in [1.165, 1.54) is 0 Å². The minimum Gasteiger partial charge on any atom is -0.454 e. The highest BCUT2D eigenvalue weighted by atomic mass is 16.7. The molecule has 1 aromatic carbocycles. The van der Waals surface area contributed by atoms with Gasteiger partial charge in [0.05, 0.1) is 6.10 Å². The number of methoxy groups -OCH3 is 2. The predicted molar refractivity (Wildman–Crippen MR) is 58.8 cm³/mol. The third-order valence-electron chi connectivity index (χ3n) is 2.78. The van der Waals surface area contributed by atoms with Crippen molar-refractivity contribution in [2.24, 2.45) is 0 Å². The van der Waals surface area contributed by atoms with Crippen molar-refractivity contribution < 1.29 is 18.9 Å². The molecule has 0 fully saturated rings. The fraction of sp³-hybridized carbons (Fsp3) is 0.500. The Kier molecular flexibility index (Phi) is 3.31. The molecule has 88 valence electrons. The lowest BCUT2D eigenvalue weighted by molar-refractivity contribution is -0.0277. The molecule has 1 heterocycles. The van der Waals surface area contributed by atoms with Crippen molar-refractivity contribution in [1.29, 1.82) is 0 Å². The summed E-state index contributed by atoms with van der Waals surface area (Å²) in [6.07, 6.45) is -0.107. The van der Waals surface area contributed by atoms with E-state index in [1.54, 1.807) is 14.2 Å². The number of ether oxygens (including phenoxy) is 4. The first-order valence-electron chi connectivity index (χ1n) is 5.21. The zero-order chi connectivity index (χ0) is 11.5. The SMILES string of the molecule is CO[C@H](c1ccc2c(c1)OCO2)[C@@H](C)OC. The molecule has 0 N–H and O–H groups in total. The average Bonchev–Trinajstić information content (AvgIpc) is 2.77. The van der Waals surface area contributed by atoms with Crippen LogP contribution >= 0.6 is 0 Å². The summed E-state index contributed by atoms with van der Waals surface area (Å²) in [7, 11) is 3.34.